The molecule has 0 aliphatic carbocycles. The van der Waals surface area contributed by atoms with E-state index in [-0.39, 0.29) is 26.4 Å². The van der Waals surface area contributed by atoms with Gasteiger partial charge in [-0.15, -0.1) is 11.3 Å². The molecule has 1 amide bonds. The van der Waals surface area contributed by atoms with Gasteiger partial charge < -0.3 is 4.57 Å². The number of halogens is 5. The van der Waals surface area contributed by atoms with Gasteiger partial charge in [-0.1, -0.05) is 0 Å². The molecule has 0 bridgehead atoms. The lowest BCUT2D eigenvalue weighted by molar-refractivity contribution is -0.140. The molecule has 35 heavy (non-hydrogen) atoms. The fraction of sp³-hybridized carbons (Fsp3) is 0.200. The lowest BCUT2D eigenvalue weighted by atomic mass is 10.1. The van der Waals surface area contributed by atoms with Crippen LogP contribution < -0.4 is 16.1 Å². The number of aryl methyl sites for hydroxylation is 1. The Labute approximate surface area is 200 Å². The van der Waals surface area contributed by atoms with Crippen LogP contribution in [0.5, 0.6) is 0 Å². The average Bonchev–Trinajstić information content (AvgIpc) is 3.35. The quantitative estimate of drug-likeness (QED) is 0.381. The minimum atomic E-state index is -5.07. The highest BCUT2D eigenvalue weighted by atomic mass is 32.1. The van der Waals surface area contributed by atoms with E-state index in [1.165, 1.54) is 24.0 Å². The summed E-state index contributed by atoms with van der Waals surface area (Å²) in [5.41, 5.74) is -3.41. The van der Waals surface area contributed by atoms with Gasteiger partial charge in [0.2, 0.25) is 0 Å². The zero-order chi connectivity index (χ0) is 25.8. The van der Waals surface area contributed by atoms with E-state index in [9.17, 15) is 36.3 Å². The number of hydrogen-bond acceptors (Lipinski definition) is 6. The van der Waals surface area contributed by atoms with Crippen molar-refractivity contribution in [3.05, 3.63) is 73.1 Å². The van der Waals surface area contributed by atoms with Crippen LogP contribution in [-0.4, -0.2) is 24.0 Å². The molecule has 3 heterocycles. The third kappa shape index (κ3) is 4.14. The summed E-state index contributed by atoms with van der Waals surface area (Å²) in [6.07, 6.45) is -5.47. The normalized spacial score (nSPS) is 12.6. The first-order valence-electron chi connectivity index (χ1n) is 9.51. The maximum Gasteiger partial charge on any atom is 0.419 e. The van der Waals surface area contributed by atoms with E-state index in [2.05, 4.69) is 16.4 Å². The molecule has 0 aliphatic heterocycles. The van der Waals surface area contributed by atoms with Crippen LogP contribution in [0.4, 0.5) is 22.0 Å². The molecule has 0 saturated carbocycles. The lowest BCUT2D eigenvalue weighted by Gasteiger charge is -2.11. The fourth-order valence-corrected chi connectivity index (χ4v) is 5.03. The molecule has 183 valence electrons. The molecule has 0 spiro atoms. The molecule has 4 rings (SSSR count). The first kappa shape index (κ1) is 24.7. The van der Waals surface area contributed by atoms with Crippen molar-refractivity contribution in [2.75, 3.05) is 0 Å². The average molecular weight is 530 g/mol. The fourth-order valence-electron chi connectivity index (χ4n) is 3.33. The van der Waals surface area contributed by atoms with Crippen LogP contribution >= 0.6 is 22.9 Å². The number of carbonyl (C=O) groups excluding carboxylic acids is 1. The second-order valence-corrected chi connectivity index (χ2v) is 8.90. The molecular weight excluding hydrogens is 517 g/mol. The maximum atomic E-state index is 14.4. The minimum absolute atomic E-state index is 0.0513. The van der Waals surface area contributed by atoms with E-state index in [0.29, 0.717) is 6.07 Å². The van der Waals surface area contributed by atoms with Crippen LogP contribution in [-0.2, 0) is 31.5 Å². The van der Waals surface area contributed by atoms with Crippen LogP contribution in [0.3, 0.4) is 0 Å². The molecule has 1 radical (unpaired) electrons. The number of rotatable bonds is 3. The highest BCUT2D eigenvalue weighted by Gasteiger charge is 2.36. The Morgan fingerprint density at radius 2 is 1.83 bits per heavy atom. The van der Waals surface area contributed by atoms with Crippen molar-refractivity contribution >= 4 is 39.0 Å². The summed E-state index contributed by atoms with van der Waals surface area (Å²) in [7, 11) is 6.36. The summed E-state index contributed by atoms with van der Waals surface area (Å²) >= 11 is 1.69. The van der Waals surface area contributed by atoms with Crippen molar-refractivity contribution in [1.29, 1.82) is 0 Å². The van der Waals surface area contributed by atoms with E-state index in [1.807, 2.05) is 0 Å². The monoisotopic (exact) mass is 530 g/mol. The Morgan fingerprint density at radius 3 is 2.49 bits per heavy atom. The molecule has 0 saturated heterocycles. The molecule has 15 heteroatoms. The second kappa shape index (κ2) is 8.64. The third-order valence-electron chi connectivity index (χ3n) is 5.14. The van der Waals surface area contributed by atoms with Crippen LogP contribution in [0, 0.1) is 18.7 Å². The van der Waals surface area contributed by atoms with E-state index in [1.54, 1.807) is 0 Å². The van der Waals surface area contributed by atoms with Crippen molar-refractivity contribution in [3.63, 3.8) is 0 Å². The van der Waals surface area contributed by atoms with Crippen LogP contribution in [0.1, 0.15) is 11.3 Å². The van der Waals surface area contributed by atoms with E-state index in [0.717, 1.165) is 38.1 Å². The lowest BCUT2D eigenvalue weighted by Crippen LogP contribution is -2.36. The van der Waals surface area contributed by atoms with Gasteiger partial charge in [0, 0.05) is 32.1 Å². The predicted molar refractivity (Wildman–Crippen MR) is 118 cm³/mol. The number of fused-ring (bicyclic) bond motifs is 1. The van der Waals surface area contributed by atoms with Crippen molar-refractivity contribution < 1.29 is 26.7 Å². The molecule has 0 aliphatic rings. The number of carbonyl (C=O) groups is 1. The van der Waals surface area contributed by atoms with Crippen LogP contribution in [0.25, 0.3) is 21.5 Å². The molecule has 3 aromatic heterocycles. The van der Waals surface area contributed by atoms with Crippen LogP contribution in [0.15, 0.2) is 32.1 Å². The summed E-state index contributed by atoms with van der Waals surface area (Å²) < 4.78 is 74.0. The van der Waals surface area contributed by atoms with Gasteiger partial charge in [0.25, 0.3) is 11.5 Å². The molecule has 4 aromatic rings. The van der Waals surface area contributed by atoms with Crippen molar-refractivity contribution in [2.24, 2.45) is 19.1 Å². The summed E-state index contributed by atoms with van der Waals surface area (Å²) in [5.74, 6) is -4.52. The van der Waals surface area contributed by atoms with Gasteiger partial charge in [0.15, 0.2) is 16.4 Å². The third-order valence-corrected chi connectivity index (χ3v) is 6.97. The Balaban J connectivity index is 1.71. The summed E-state index contributed by atoms with van der Waals surface area (Å²) in [6, 6.07) is 1.17. The van der Waals surface area contributed by atoms with Gasteiger partial charge in [0.1, 0.15) is 4.83 Å². The summed E-state index contributed by atoms with van der Waals surface area (Å²) in [6.45, 7) is 0. The minimum Gasteiger partial charge on any atom is -0.314 e. The summed E-state index contributed by atoms with van der Waals surface area (Å²) in [5, 5.41) is 1.35. The SMILES string of the molecule is [CH2]n1c(-c2ccc(C(F)(F)F)c(F)c2F)cs/c1=N\C(=O)Cc1nsc2c1c(=O)n(C)c(=O)n2C. The number of amides is 1. The van der Waals surface area contributed by atoms with Gasteiger partial charge in [0.05, 0.1) is 28.8 Å². The highest BCUT2D eigenvalue weighted by Crippen LogP contribution is 2.35. The maximum absolute atomic E-state index is 14.4. The largest absolute Gasteiger partial charge is 0.419 e. The Bertz CT molecular complexity index is 1690. The van der Waals surface area contributed by atoms with Gasteiger partial charge >= 0.3 is 11.9 Å². The summed E-state index contributed by atoms with van der Waals surface area (Å²) in [4.78, 5) is 41.2. The topological polar surface area (TPSA) is 91.2 Å². The molecule has 8 nitrogen and oxygen atoms in total. The molecular formula is C20H13F5N5O3S2. The van der Waals surface area contributed by atoms with Crippen molar-refractivity contribution in [1.82, 2.24) is 18.1 Å². The Hall–Kier alpha value is -3.46. The number of hydrogen-bond donors (Lipinski definition) is 0. The van der Waals surface area contributed by atoms with E-state index >= 15 is 0 Å². The zero-order valence-corrected chi connectivity index (χ0v) is 19.4. The number of nitrogens with zero attached hydrogens (tertiary/aromatic N) is 5. The van der Waals surface area contributed by atoms with Crippen LogP contribution in [0.2, 0.25) is 0 Å². The van der Waals surface area contributed by atoms with Crippen molar-refractivity contribution in [3.8, 4) is 11.3 Å². The van der Waals surface area contributed by atoms with E-state index in [4.69, 9.17) is 0 Å². The number of aromatic nitrogens is 4. The molecule has 1 aromatic carbocycles. The van der Waals surface area contributed by atoms with E-state index < -0.39 is 52.5 Å². The number of alkyl halides is 3. The predicted octanol–water partition coefficient (Wildman–Crippen LogP) is 2.83. The van der Waals surface area contributed by atoms with Gasteiger partial charge in [-0.2, -0.15) is 22.5 Å². The molecule has 0 atom stereocenters. The smallest absolute Gasteiger partial charge is 0.314 e. The van der Waals surface area contributed by atoms with Gasteiger partial charge in [-0.05, 0) is 23.7 Å². The van der Waals surface area contributed by atoms with Gasteiger partial charge in [-0.25, -0.2) is 13.6 Å². The highest BCUT2D eigenvalue weighted by molar-refractivity contribution is 7.13. The van der Waals surface area contributed by atoms with Crippen molar-refractivity contribution in [2.45, 2.75) is 12.6 Å². The molecule has 0 unspecified atom stereocenters. The first-order chi connectivity index (χ1) is 16.3. The van der Waals surface area contributed by atoms with Gasteiger partial charge in [-0.3, -0.25) is 18.7 Å². The molecule has 0 N–H and O–H groups in total. The first-order valence-corrected chi connectivity index (χ1v) is 11.2. The molecule has 0 fully saturated rings. The second-order valence-electron chi connectivity index (χ2n) is 7.32. The zero-order valence-electron chi connectivity index (χ0n) is 17.8. The standard InChI is InChI=1S/C20H13F5N5O3S2/c1-28-11(8-4-5-9(20(23,24)25)15(22)14(8)21)7-34-18(28)26-12(31)6-10-13-16(32)29(2)19(33)30(3)17(13)35-27-10/h4-5,7H,1,6H2,2-3H3/b26-18-. The Morgan fingerprint density at radius 1 is 1.14 bits per heavy atom. The Kier molecular flexibility index (Phi) is 6.09. The number of benzene rings is 1. The number of thiazole rings is 1.